The number of alkyl halides is 3. The molecule has 33 heavy (non-hydrogen) atoms. The maximum absolute atomic E-state index is 12.7. The van der Waals surface area contributed by atoms with Crippen molar-refractivity contribution in [3.05, 3.63) is 30.6 Å². The maximum Gasteiger partial charge on any atom is 0.451 e. The molecule has 0 aromatic carbocycles. The lowest BCUT2D eigenvalue weighted by molar-refractivity contribution is -0.145. The van der Waals surface area contributed by atoms with Gasteiger partial charge in [0.15, 0.2) is 11.9 Å². The summed E-state index contributed by atoms with van der Waals surface area (Å²) in [5, 5.41) is 4.47. The van der Waals surface area contributed by atoms with Gasteiger partial charge in [0, 0.05) is 38.2 Å². The van der Waals surface area contributed by atoms with Gasteiger partial charge in [0.2, 0.25) is 5.82 Å². The van der Waals surface area contributed by atoms with Crippen LogP contribution in [0.4, 0.5) is 24.7 Å². The molecule has 0 aliphatic carbocycles. The number of anilines is 2. The first-order valence-electron chi connectivity index (χ1n) is 11.1. The van der Waals surface area contributed by atoms with Crippen molar-refractivity contribution in [1.29, 1.82) is 0 Å². The van der Waals surface area contributed by atoms with E-state index < -0.39 is 12.0 Å². The SMILES string of the molecule is FC(F)(F)c1ncc(N2CC3(CCN(c4cnc5cnn(C6CCCCO6)c5n4)C3)C2)cn1. The van der Waals surface area contributed by atoms with Crippen LogP contribution in [0.15, 0.2) is 24.8 Å². The highest BCUT2D eigenvalue weighted by Crippen LogP contribution is 2.43. The fourth-order valence-corrected chi connectivity index (χ4v) is 5.06. The minimum absolute atomic E-state index is 0.0755. The number of hydrogen-bond donors (Lipinski definition) is 0. The number of hydrogen-bond acceptors (Lipinski definition) is 8. The van der Waals surface area contributed by atoms with Crippen LogP contribution >= 0.6 is 0 Å². The predicted octanol–water partition coefficient (Wildman–Crippen LogP) is 3.05. The Morgan fingerprint density at radius 2 is 1.76 bits per heavy atom. The van der Waals surface area contributed by atoms with Crippen molar-refractivity contribution in [3.63, 3.8) is 0 Å². The van der Waals surface area contributed by atoms with Gasteiger partial charge in [-0.3, -0.25) is 0 Å². The molecule has 3 aliphatic heterocycles. The van der Waals surface area contributed by atoms with E-state index in [1.165, 1.54) is 12.4 Å². The molecule has 0 N–H and O–H groups in total. The minimum Gasteiger partial charge on any atom is -0.368 e. The van der Waals surface area contributed by atoms with Gasteiger partial charge in [-0.05, 0) is 25.7 Å². The summed E-state index contributed by atoms with van der Waals surface area (Å²) in [4.78, 5) is 20.6. The molecule has 0 radical (unpaired) electrons. The summed E-state index contributed by atoms with van der Waals surface area (Å²) in [6.45, 7) is 3.91. The maximum atomic E-state index is 12.7. The monoisotopic (exact) mass is 460 g/mol. The molecule has 174 valence electrons. The molecule has 3 aliphatic rings. The normalized spacial score (nSPS) is 22.8. The van der Waals surface area contributed by atoms with E-state index in [4.69, 9.17) is 9.72 Å². The van der Waals surface area contributed by atoms with Gasteiger partial charge in [0.05, 0.1) is 30.5 Å². The lowest BCUT2D eigenvalue weighted by atomic mass is 9.79. The summed E-state index contributed by atoms with van der Waals surface area (Å²) >= 11 is 0. The Bertz CT molecular complexity index is 1150. The van der Waals surface area contributed by atoms with Crippen LogP contribution in [0.25, 0.3) is 11.2 Å². The van der Waals surface area contributed by atoms with Crippen LogP contribution in [0.3, 0.4) is 0 Å². The largest absolute Gasteiger partial charge is 0.451 e. The van der Waals surface area contributed by atoms with Crippen molar-refractivity contribution in [2.45, 2.75) is 38.1 Å². The van der Waals surface area contributed by atoms with E-state index in [1.54, 1.807) is 12.4 Å². The van der Waals surface area contributed by atoms with Gasteiger partial charge < -0.3 is 14.5 Å². The highest BCUT2D eigenvalue weighted by molar-refractivity contribution is 5.71. The van der Waals surface area contributed by atoms with E-state index in [2.05, 4.69) is 25.0 Å². The molecular formula is C21H23F3N8O. The van der Waals surface area contributed by atoms with Crippen LogP contribution in [0.5, 0.6) is 0 Å². The average molecular weight is 460 g/mol. The first kappa shape index (κ1) is 20.6. The van der Waals surface area contributed by atoms with Gasteiger partial charge in [-0.1, -0.05) is 0 Å². The van der Waals surface area contributed by atoms with E-state index in [1.807, 2.05) is 9.58 Å². The van der Waals surface area contributed by atoms with Crippen molar-refractivity contribution in [3.8, 4) is 0 Å². The second-order valence-corrected chi connectivity index (χ2v) is 9.14. The van der Waals surface area contributed by atoms with E-state index in [0.717, 1.165) is 75.5 Å². The molecule has 0 amide bonds. The van der Waals surface area contributed by atoms with Gasteiger partial charge in [0.1, 0.15) is 11.3 Å². The van der Waals surface area contributed by atoms with Crippen molar-refractivity contribution < 1.29 is 17.9 Å². The molecule has 1 atom stereocenters. The van der Waals surface area contributed by atoms with Crippen LogP contribution in [0.1, 0.15) is 37.7 Å². The third kappa shape index (κ3) is 3.65. The minimum atomic E-state index is -4.53. The number of ether oxygens (including phenoxy) is 1. The average Bonchev–Trinajstić information content (AvgIpc) is 3.43. The lowest BCUT2D eigenvalue weighted by Crippen LogP contribution is -2.57. The number of halogens is 3. The Morgan fingerprint density at radius 3 is 2.48 bits per heavy atom. The summed E-state index contributed by atoms with van der Waals surface area (Å²) < 4.78 is 45.8. The molecule has 6 rings (SSSR count). The highest BCUT2D eigenvalue weighted by atomic mass is 19.4. The summed E-state index contributed by atoms with van der Waals surface area (Å²) in [6, 6.07) is 0. The standard InChI is InChI=1S/C21H23F3N8O/c22-21(23,24)19-26-7-14(8-27-19)31-12-20(13-31)4-5-30(11-20)16-10-25-15-9-28-32(18(15)29-16)17-3-1-2-6-33-17/h7-10,17H,1-6,11-13H2. The Balaban J connectivity index is 1.15. The predicted molar refractivity (Wildman–Crippen MR) is 113 cm³/mol. The Kier molecular flexibility index (Phi) is 4.68. The molecule has 3 aromatic rings. The molecule has 12 heteroatoms. The summed E-state index contributed by atoms with van der Waals surface area (Å²) in [5.74, 6) is -0.298. The molecule has 0 saturated carbocycles. The summed E-state index contributed by atoms with van der Waals surface area (Å²) in [7, 11) is 0. The van der Waals surface area contributed by atoms with Gasteiger partial charge in [0.25, 0.3) is 0 Å². The highest BCUT2D eigenvalue weighted by Gasteiger charge is 2.48. The second kappa shape index (κ2) is 7.51. The van der Waals surface area contributed by atoms with Gasteiger partial charge >= 0.3 is 6.18 Å². The zero-order chi connectivity index (χ0) is 22.6. The zero-order valence-corrected chi connectivity index (χ0v) is 17.9. The molecule has 1 spiro atoms. The Morgan fingerprint density at radius 1 is 0.970 bits per heavy atom. The molecule has 9 nitrogen and oxygen atoms in total. The van der Waals surface area contributed by atoms with E-state index >= 15 is 0 Å². The van der Waals surface area contributed by atoms with Crippen LogP contribution < -0.4 is 9.80 Å². The van der Waals surface area contributed by atoms with E-state index in [9.17, 15) is 13.2 Å². The number of nitrogens with zero attached hydrogens (tertiary/aromatic N) is 8. The topological polar surface area (TPSA) is 85.1 Å². The summed E-state index contributed by atoms with van der Waals surface area (Å²) in [5.41, 5.74) is 2.17. The second-order valence-electron chi connectivity index (χ2n) is 9.14. The molecular weight excluding hydrogens is 437 g/mol. The zero-order valence-electron chi connectivity index (χ0n) is 17.9. The first-order chi connectivity index (χ1) is 15.9. The van der Waals surface area contributed by atoms with E-state index in [-0.39, 0.29) is 11.6 Å². The Hall–Kier alpha value is -3.02. The van der Waals surface area contributed by atoms with Gasteiger partial charge in [-0.15, -0.1) is 0 Å². The molecule has 3 saturated heterocycles. The molecule has 0 bridgehead atoms. The lowest BCUT2D eigenvalue weighted by Gasteiger charge is -2.49. The molecule has 1 unspecified atom stereocenters. The van der Waals surface area contributed by atoms with E-state index in [0.29, 0.717) is 5.69 Å². The van der Waals surface area contributed by atoms with Crippen LogP contribution in [-0.2, 0) is 10.9 Å². The smallest absolute Gasteiger partial charge is 0.368 e. The molecule has 3 fully saturated rings. The fourth-order valence-electron chi connectivity index (χ4n) is 5.06. The van der Waals surface area contributed by atoms with Crippen molar-refractivity contribution >= 4 is 22.7 Å². The van der Waals surface area contributed by atoms with Crippen molar-refractivity contribution in [1.82, 2.24) is 29.7 Å². The number of fused-ring (bicyclic) bond motifs is 1. The molecule has 6 heterocycles. The van der Waals surface area contributed by atoms with Crippen LogP contribution in [0.2, 0.25) is 0 Å². The third-order valence-electron chi connectivity index (χ3n) is 6.79. The van der Waals surface area contributed by atoms with Gasteiger partial charge in [-0.25, -0.2) is 24.6 Å². The number of aromatic nitrogens is 6. The molecule has 3 aromatic heterocycles. The fraction of sp³-hybridized carbons (Fsp3) is 0.571. The first-order valence-corrected chi connectivity index (χ1v) is 11.1. The quantitative estimate of drug-likeness (QED) is 0.590. The Labute approximate surface area is 187 Å². The summed E-state index contributed by atoms with van der Waals surface area (Å²) in [6.07, 6.45) is 5.47. The van der Waals surface area contributed by atoms with Gasteiger partial charge in [-0.2, -0.15) is 18.3 Å². The third-order valence-corrected chi connectivity index (χ3v) is 6.79. The van der Waals surface area contributed by atoms with Crippen molar-refractivity contribution in [2.75, 3.05) is 42.6 Å². The number of rotatable bonds is 3. The van der Waals surface area contributed by atoms with Crippen LogP contribution in [-0.4, -0.2) is 62.5 Å². The van der Waals surface area contributed by atoms with Crippen LogP contribution in [0, 0.1) is 5.41 Å². The van der Waals surface area contributed by atoms with Crippen molar-refractivity contribution in [2.24, 2.45) is 5.41 Å².